The van der Waals surface area contributed by atoms with E-state index in [-0.39, 0.29) is 12.2 Å². The number of hydrogen-bond donors (Lipinski definition) is 2. The molecule has 2 aromatic rings. The number of aryl methyl sites for hydroxylation is 3. The number of nitrogens with one attached hydrogen (secondary N) is 2. The lowest BCUT2D eigenvalue weighted by atomic mass is 9.78. The Morgan fingerprint density at radius 2 is 1.83 bits per heavy atom. The second kappa shape index (κ2) is 11.3. The number of carbonyl (C=O) groups is 1. The van der Waals surface area contributed by atoms with E-state index in [9.17, 15) is 4.79 Å². The van der Waals surface area contributed by atoms with Crippen LogP contribution in [-0.2, 0) is 9.53 Å². The zero-order chi connectivity index (χ0) is 25.7. The molecule has 1 spiro atoms. The number of anilines is 1. The first-order valence-electron chi connectivity index (χ1n) is 12.6. The van der Waals surface area contributed by atoms with Crippen LogP contribution in [0.5, 0.6) is 11.5 Å². The maximum Gasteiger partial charge on any atom is 0.344 e. The van der Waals surface area contributed by atoms with Crippen molar-refractivity contribution in [2.75, 3.05) is 18.5 Å². The van der Waals surface area contributed by atoms with Crippen molar-refractivity contribution in [3.63, 3.8) is 0 Å². The molecular weight excluding hydrogens is 474 g/mol. The number of thiocarbonyl (C=S) groups is 1. The van der Waals surface area contributed by atoms with Gasteiger partial charge in [-0.15, -0.1) is 0 Å². The lowest BCUT2D eigenvalue weighted by Gasteiger charge is -2.41. The van der Waals surface area contributed by atoms with Crippen LogP contribution >= 0.6 is 12.2 Å². The molecule has 2 aromatic carbocycles. The van der Waals surface area contributed by atoms with Crippen molar-refractivity contribution in [1.29, 1.82) is 0 Å². The molecule has 0 unspecified atom stereocenters. The Kier molecular flexibility index (Phi) is 8.14. The lowest BCUT2D eigenvalue weighted by Crippen LogP contribution is -2.44. The molecule has 0 saturated heterocycles. The topological polar surface area (TPSA) is 81.2 Å². The SMILES string of the molecule is CCOC(=O)COc1ccc2c(c1)/C(=N/NC(=S)Nc1c(C)cc(C)cc1C)CC1(CCCCC1)O2. The van der Waals surface area contributed by atoms with Crippen molar-refractivity contribution in [1.82, 2.24) is 5.43 Å². The zero-order valence-corrected chi connectivity index (χ0v) is 22.3. The summed E-state index contributed by atoms with van der Waals surface area (Å²) in [7, 11) is 0. The number of esters is 1. The molecule has 0 bridgehead atoms. The summed E-state index contributed by atoms with van der Waals surface area (Å²) in [6.45, 7) is 8.16. The van der Waals surface area contributed by atoms with E-state index in [0.29, 0.717) is 23.9 Å². The number of hydrazone groups is 1. The maximum absolute atomic E-state index is 11.7. The normalized spacial score (nSPS) is 17.2. The summed E-state index contributed by atoms with van der Waals surface area (Å²) in [6, 6.07) is 9.85. The molecule has 1 fully saturated rings. The molecule has 0 amide bonds. The molecule has 1 aliphatic heterocycles. The molecule has 0 atom stereocenters. The molecule has 2 aliphatic rings. The highest BCUT2D eigenvalue weighted by Crippen LogP contribution is 2.43. The fourth-order valence-electron chi connectivity index (χ4n) is 5.14. The van der Waals surface area contributed by atoms with Crippen LogP contribution in [-0.4, -0.2) is 35.6 Å². The van der Waals surface area contributed by atoms with E-state index in [2.05, 4.69) is 43.6 Å². The Balaban J connectivity index is 1.56. The van der Waals surface area contributed by atoms with Crippen LogP contribution in [0.3, 0.4) is 0 Å². The van der Waals surface area contributed by atoms with Gasteiger partial charge in [-0.1, -0.05) is 24.1 Å². The van der Waals surface area contributed by atoms with Crippen LogP contribution in [0.15, 0.2) is 35.4 Å². The molecule has 2 N–H and O–H groups in total. The van der Waals surface area contributed by atoms with Gasteiger partial charge in [0.25, 0.3) is 0 Å². The van der Waals surface area contributed by atoms with Gasteiger partial charge in [0.1, 0.15) is 17.1 Å². The molecule has 4 rings (SSSR count). The number of carbonyl (C=O) groups excluding carboxylic acids is 1. The predicted molar refractivity (Wildman–Crippen MR) is 146 cm³/mol. The number of fused-ring (bicyclic) bond motifs is 1. The minimum absolute atomic E-state index is 0.147. The molecule has 0 aromatic heterocycles. The summed E-state index contributed by atoms with van der Waals surface area (Å²) in [6.07, 6.45) is 6.19. The van der Waals surface area contributed by atoms with Crippen LogP contribution in [0.1, 0.15) is 67.7 Å². The Hall–Kier alpha value is -3.13. The third-order valence-corrected chi connectivity index (χ3v) is 6.91. The van der Waals surface area contributed by atoms with Gasteiger partial charge in [0.15, 0.2) is 11.7 Å². The summed E-state index contributed by atoms with van der Waals surface area (Å²) in [4.78, 5) is 11.7. The van der Waals surface area contributed by atoms with Gasteiger partial charge in [0.2, 0.25) is 0 Å². The summed E-state index contributed by atoms with van der Waals surface area (Å²) in [5, 5.41) is 8.48. The first kappa shape index (κ1) is 25.9. The van der Waals surface area contributed by atoms with Gasteiger partial charge in [-0.25, -0.2) is 4.79 Å². The quantitative estimate of drug-likeness (QED) is 0.292. The van der Waals surface area contributed by atoms with Gasteiger partial charge in [-0.2, -0.15) is 5.10 Å². The zero-order valence-electron chi connectivity index (χ0n) is 21.5. The highest BCUT2D eigenvalue weighted by molar-refractivity contribution is 7.80. The van der Waals surface area contributed by atoms with E-state index < -0.39 is 5.97 Å². The largest absolute Gasteiger partial charge is 0.486 e. The monoisotopic (exact) mass is 509 g/mol. The van der Waals surface area contributed by atoms with Crippen molar-refractivity contribution < 1.29 is 19.0 Å². The number of hydrogen-bond acceptors (Lipinski definition) is 6. The molecule has 7 nitrogen and oxygen atoms in total. The standard InChI is InChI=1S/C28H35N3O4S/c1-5-33-25(32)17-34-21-9-10-24-22(15-21)23(16-28(35-24)11-7-6-8-12-28)30-31-27(36)29-26-19(3)13-18(2)14-20(26)4/h9-10,13-15H,5-8,11-12,16-17H2,1-4H3,(H2,29,31,36)/b30-23+. The number of benzene rings is 2. The second-order valence-electron chi connectivity index (χ2n) is 9.67. The van der Waals surface area contributed by atoms with Crippen molar-refractivity contribution in [2.45, 2.75) is 71.8 Å². The minimum atomic E-state index is -0.402. The molecule has 8 heteroatoms. The Morgan fingerprint density at radius 1 is 1.11 bits per heavy atom. The average Bonchev–Trinajstić information content (AvgIpc) is 2.84. The van der Waals surface area contributed by atoms with Crippen LogP contribution in [0, 0.1) is 20.8 Å². The van der Waals surface area contributed by atoms with Crippen molar-refractivity contribution in [2.24, 2.45) is 5.10 Å². The van der Waals surface area contributed by atoms with Crippen LogP contribution in [0.25, 0.3) is 0 Å². The molecule has 192 valence electrons. The highest BCUT2D eigenvalue weighted by atomic mass is 32.1. The predicted octanol–water partition coefficient (Wildman–Crippen LogP) is 5.73. The molecular formula is C28H35N3O4S. The third-order valence-electron chi connectivity index (χ3n) is 6.71. The Morgan fingerprint density at radius 3 is 2.53 bits per heavy atom. The first-order valence-corrected chi connectivity index (χ1v) is 13.0. The van der Waals surface area contributed by atoms with Crippen molar-refractivity contribution >= 4 is 34.7 Å². The average molecular weight is 510 g/mol. The second-order valence-corrected chi connectivity index (χ2v) is 10.1. The van der Waals surface area contributed by atoms with E-state index in [1.807, 2.05) is 18.2 Å². The van der Waals surface area contributed by atoms with Crippen LogP contribution in [0.2, 0.25) is 0 Å². The number of nitrogens with zero attached hydrogens (tertiary/aromatic N) is 1. The highest BCUT2D eigenvalue weighted by Gasteiger charge is 2.40. The summed E-state index contributed by atoms with van der Waals surface area (Å²) in [5.74, 6) is 0.932. The molecule has 1 saturated carbocycles. The third kappa shape index (κ3) is 6.16. The first-order chi connectivity index (χ1) is 17.3. The van der Waals surface area contributed by atoms with Gasteiger partial charge >= 0.3 is 5.97 Å². The maximum atomic E-state index is 11.7. The van der Waals surface area contributed by atoms with E-state index in [1.165, 1.54) is 12.0 Å². The van der Waals surface area contributed by atoms with Crippen LogP contribution in [0.4, 0.5) is 5.69 Å². The summed E-state index contributed by atoms with van der Waals surface area (Å²) in [5.41, 5.74) is 8.97. The van der Waals surface area contributed by atoms with E-state index in [4.69, 9.17) is 31.5 Å². The van der Waals surface area contributed by atoms with Gasteiger partial charge in [-0.05, 0) is 94.9 Å². The number of rotatable bonds is 6. The van der Waals surface area contributed by atoms with Crippen LogP contribution < -0.4 is 20.2 Å². The smallest absolute Gasteiger partial charge is 0.344 e. The lowest BCUT2D eigenvalue weighted by molar-refractivity contribution is -0.145. The number of ether oxygens (including phenoxy) is 3. The van der Waals surface area contributed by atoms with E-state index in [0.717, 1.165) is 59.5 Å². The Labute approximate surface area is 218 Å². The van der Waals surface area contributed by atoms with Gasteiger partial charge in [-0.3, -0.25) is 5.43 Å². The van der Waals surface area contributed by atoms with Gasteiger partial charge < -0.3 is 19.5 Å². The molecule has 36 heavy (non-hydrogen) atoms. The van der Waals surface area contributed by atoms with E-state index >= 15 is 0 Å². The summed E-state index contributed by atoms with van der Waals surface area (Å²) < 4.78 is 17.2. The molecule has 0 radical (unpaired) electrons. The molecule has 1 aliphatic carbocycles. The van der Waals surface area contributed by atoms with Crippen molar-refractivity contribution in [3.8, 4) is 11.5 Å². The fourth-order valence-corrected chi connectivity index (χ4v) is 5.29. The summed E-state index contributed by atoms with van der Waals surface area (Å²) >= 11 is 5.59. The fraction of sp³-hybridized carbons (Fsp3) is 0.464. The van der Waals surface area contributed by atoms with Gasteiger partial charge in [0, 0.05) is 17.7 Å². The van der Waals surface area contributed by atoms with Crippen molar-refractivity contribution in [3.05, 3.63) is 52.6 Å². The van der Waals surface area contributed by atoms with E-state index in [1.54, 1.807) is 6.92 Å². The minimum Gasteiger partial charge on any atom is -0.486 e. The molecule has 1 heterocycles. The van der Waals surface area contributed by atoms with Gasteiger partial charge in [0.05, 0.1) is 12.3 Å². The Bertz CT molecular complexity index is 1150.